The second-order valence-electron chi connectivity index (χ2n) is 6.57. The molecule has 0 aliphatic carbocycles. The lowest BCUT2D eigenvalue weighted by atomic mass is 10.2. The van der Waals surface area contributed by atoms with E-state index in [0.29, 0.717) is 28.2 Å². The zero-order chi connectivity index (χ0) is 23.1. The molecule has 0 saturated carbocycles. The summed E-state index contributed by atoms with van der Waals surface area (Å²) in [5.41, 5.74) is 6.17. The Morgan fingerprint density at radius 1 is 0.938 bits per heavy atom. The largest absolute Gasteiger partial charge is 0.468 e. The smallest absolute Gasteiger partial charge is 0.422 e. The van der Waals surface area contributed by atoms with E-state index in [1.54, 1.807) is 24.3 Å². The minimum Gasteiger partial charge on any atom is -0.468 e. The second kappa shape index (κ2) is 9.82. The molecule has 3 N–H and O–H groups in total. The molecule has 1 aromatic heterocycles. The maximum atomic E-state index is 12.4. The van der Waals surface area contributed by atoms with Crippen molar-refractivity contribution in [2.75, 3.05) is 6.61 Å². The predicted octanol–water partition coefficient (Wildman–Crippen LogP) is 3.84. The van der Waals surface area contributed by atoms with Crippen LogP contribution in [0, 0.1) is 0 Å². The Kier molecular flexibility index (Phi) is 6.93. The van der Waals surface area contributed by atoms with E-state index in [9.17, 15) is 22.8 Å². The van der Waals surface area contributed by atoms with E-state index >= 15 is 0 Å². The topological polar surface area (TPSA) is 104 Å². The van der Waals surface area contributed by atoms with Crippen molar-refractivity contribution in [3.63, 3.8) is 0 Å². The number of halogens is 3. The van der Waals surface area contributed by atoms with Crippen LogP contribution < -0.4 is 20.5 Å². The van der Waals surface area contributed by atoms with Crippen molar-refractivity contribution in [3.05, 3.63) is 83.6 Å². The average molecular weight is 445 g/mol. The van der Waals surface area contributed by atoms with Gasteiger partial charge < -0.3 is 20.5 Å². The van der Waals surface area contributed by atoms with Crippen molar-refractivity contribution in [1.82, 2.24) is 10.3 Å². The Balaban J connectivity index is 1.58. The zero-order valence-electron chi connectivity index (χ0n) is 16.6. The third-order valence-electron chi connectivity index (χ3n) is 4.15. The first-order valence-corrected chi connectivity index (χ1v) is 9.31. The van der Waals surface area contributed by atoms with Gasteiger partial charge in [0, 0.05) is 29.4 Å². The Bertz CT molecular complexity index is 1080. The Morgan fingerprint density at radius 3 is 2.09 bits per heavy atom. The summed E-state index contributed by atoms with van der Waals surface area (Å²) < 4.78 is 47.5. The number of rotatable bonds is 8. The number of aromatic nitrogens is 1. The lowest BCUT2D eigenvalue weighted by Crippen LogP contribution is -2.24. The third kappa shape index (κ3) is 6.46. The van der Waals surface area contributed by atoms with Crippen LogP contribution in [0.15, 0.2) is 66.9 Å². The highest BCUT2D eigenvalue weighted by Gasteiger charge is 2.29. The number of hydrogen-bond acceptors (Lipinski definition) is 5. The van der Waals surface area contributed by atoms with Crippen molar-refractivity contribution in [3.8, 4) is 17.4 Å². The molecule has 0 atom stereocenters. The van der Waals surface area contributed by atoms with E-state index in [-0.39, 0.29) is 12.4 Å². The van der Waals surface area contributed by atoms with Crippen LogP contribution >= 0.6 is 0 Å². The average Bonchev–Trinajstić information content (AvgIpc) is 2.77. The highest BCUT2D eigenvalue weighted by atomic mass is 19.4. The lowest BCUT2D eigenvalue weighted by Gasteiger charge is -2.12. The number of benzene rings is 2. The second-order valence-corrected chi connectivity index (χ2v) is 6.57. The van der Waals surface area contributed by atoms with Gasteiger partial charge >= 0.3 is 6.18 Å². The van der Waals surface area contributed by atoms with Gasteiger partial charge in [0.2, 0.25) is 11.8 Å². The Labute approximate surface area is 181 Å². The van der Waals surface area contributed by atoms with Crippen molar-refractivity contribution in [2.45, 2.75) is 12.7 Å². The van der Waals surface area contributed by atoms with Gasteiger partial charge in [-0.1, -0.05) is 6.07 Å². The Morgan fingerprint density at radius 2 is 1.53 bits per heavy atom. The van der Waals surface area contributed by atoms with Gasteiger partial charge in [-0.2, -0.15) is 13.2 Å². The molecular weight excluding hydrogens is 427 g/mol. The summed E-state index contributed by atoms with van der Waals surface area (Å²) in [6.45, 7) is -1.54. The number of amides is 2. The maximum Gasteiger partial charge on any atom is 0.422 e. The molecule has 0 radical (unpaired) electrons. The fraction of sp³-hybridized carbons (Fsp3) is 0.136. The first-order valence-electron chi connectivity index (χ1n) is 9.31. The molecule has 166 valence electrons. The Hall–Kier alpha value is -4.08. The summed E-state index contributed by atoms with van der Waals surface area (Å²) in [7, 11) is 0. The summed E-state index contributed by atoms with van der Waals surface area (Å²) in [6, 6.07) is 15.5. The van der Waals surface area contributed by atoms with Crippen LogP contribution in [0.5, 0.6) is 17.4 Å². The van der Waals surface area contributed by atoms with E-state index in [2.05, 4.69) is 10.3 Å². The molecule has 0 bridgehead atoms. The molecule has 2 amide bonds. The normalized spacial score (nSPS) is 11.0. The summed E-state index contributed by atoms with van der Waals surface area (Å²) in [5, 5.41) is 2.61. The van der Waals surface area contributed by atoms with E-state index < -0.39 is 24.6 Å². The van der Waals surface area contributed by atoms with Gasteiger partial charge in [-0.05, 0) is 54.6 Å². The number of hydrogen-bond donors (Lipinski definition) is 2. The molecule has 0 spiro atoms. The van der Waals surface area contributed by atoms with E-state index in [1.165, 1.54) is 42.6 Å². The third-order valence-corrected chi connectivity index (χ3v) is 4.15. The molecule has 10 heteroatoms. The number of carbonyl (C=O) groups is 2. The molecule has 3 rings (SSSR count). The standard InChI is InChI=1S/C22H18F3N3O4/c23-22(24,25)13-31-21-16(2-1-11-27-21)12-28-20(30)15-5-9-18(10-6-15)32-17-7-3-14(4-8-17)19(26)29/h1-11H,12-13H2,(H2,26,29)(H,28,30). The van der Waals surface area contributed by atoms with Gasteiger partial charge in [0.05, 0.1) is 0 Å². The number of ether oxygens (including phenoxy) is 2. The zero-order valence-corrected chi connectivity index (χ0v) is 16.6. The molecule has 7 nitrogen and oxygen atoms in total. The number of primary amides is 1. The first-order chi connectivity index (χ1) is 15.2. The molecule has 0 aliphatic heterocycles. The highest BCUT2D eigenvalue weighted by molar-refractivity contribution is 5.94. The number of pyridine rings is 1. The van der Waals surface area contributed by atoms with Crippen LogP contribution in [-0.2, 0) is 6.54 Å². The van der Waals surface area contributed by atoms with E-state index in [4.69, 9.17) is 15.2 Å². The predicted molar refractivity (Wildman–Crippen MR) is 108 cm³/mol. The number of carbonyl (C=O) groups excluding carboxylic acids is 2. The highest BCUT2D eigenvalue weighted by Crippen LogP contribution is 2.23. The molecule has 0 aliphatic rings. The molecular formula is C22H18F3N3O4. The monoisotopic (exact) mass is 445 g/mol. The molecule has 2 aromatic carbocycles. The van der Waals surface area contributed by atoms with Gasteiger partial charge in [0.15, 0.2) is 6.61 Å². The van der Waals surface area contributed by atoms with Crippen molar-refractivity contribution < 1.29 is 32.2 Å². The summed E-state index contributed by atoms with van der Waals surface area (Å²) in [4.78, 5) is 27.3. The van der Waals surface area contributed by atoms with Crippen LogP contribution in [0.4, 0.5) is 13.2 Å². The van der Waals surface area contributed by atoms with Crippen LogP contribution in [0.25, 0.3) is 0 Å². The van der Waals surface area contributed by atoms with Crippen molar-refractivity contribution in [2.24, 2.45) is 5.73 Å². The first kappa shape index (κ1) is 22.6. The lowest BCUT2D eigenvalue weighted by molar-refractivity contribution is -0.154. The van der Waals surface area contributed by atoms with Crippen LogP contribution in [0.3, 0.4) is 0 Å². The van der Waals surface area contributed by atoms with E-state index in [0.717, 1.165) is 0 Å². The quantitative estimate of drug-likeness (QED) is 0.548. The molecule has 0 fully saturated rings. The van der Waals surface area contributed by atoms with E-state index in [1.807, 2.05) is 0 Å². The van der Waals surface area contributed by atoms with Gasteiger partial charge in [0.1, 0.15) is 11.5 Å². The fourth-order valence-electron chi connectivity index (χ4n) is 2.61. The minimum atomic E-state index is -4.49. The molecule has 0 unspecified atom stereocenters. The van der Waals surface area contributed by atoms with Gasteiger partial charge in [-0.15, -0.1) is 0 Å². The van der Waals surface area contributed by atoms with Crippen molar-refractivity contribution in [1.29, 1.82) is 0 Å². The van der Waals surface area contributed by atoms with Crippen LogP contribution in [-0.4, -0.2) is 29.6 Å². The molecule has 1 heterocycles. The SMILES string of the molecule is NC(=O)c1ccc(Oc2ccc(C(=O)NCc3cccnc3OCC(F)(F)F)cc2)cc1. The summed E-state index contributed by atoms with van der Waals surface area (Å²) in [5.74, 6) is -0.236. The van der Waals surface area contributed by atoms with Crippen LogP contribution in [0.2, 0.25) is 0 Å². The van der Waals surface area contributed by atoms with Crippen molar-refractivity contribution >= 4 is 11.8 Å². The molecule has 3 aromatic rings. The number of nitrogens with one attached hydrogen (secondary N) is 1. The number of nitrogens with zero attached hydrogens (tertiary/aromatic N) is 1. The van der Waals surface area contributed by atoms with Gasteiger partial charge in [0.25, 0.3) is 5.91 Å². The maximum absolute atomic E-state index is 12.4. The minimum absolute atomic E-state index is 0.0652. The van der Waals surface area contributed by atoms with Gasteiger partial charge in [-0.3, -0.25) is 9.59 Å². The summed E-state index contributed by atoms with van der Waals surface area (Å²) >= 11 is 0. The fourth-order valence-corrected chi connectivity index (χ4v) is 2.61. The molecule has 0 saturated heterocycles. The number of alkyl halides is 3. The van der Waals surface area contributed by atoms with Crippen LogP contribution in [0.1, 0.15) is 26.3 Å². The molecule has 32 heavy (non-hydrogen) atoms. The van der Waals surface area contributed by atoms with Gasteiger partial charge in [-0.25, -0.2) is 4.98 Å². The number of nitrogens with two attached hydrogens (primary N) is 1. The summed E-state index contributed by atoms with van der Waals surface area (Å²) in [6.07, 6.45) is -3.19.